The maximum atomic E-state index is 12.7. The van der Waals surface area contributed by atoms with Crippen LogP contribution in [0.15, 0.2) is 42.7 Å². The minimum atomic E-state index is -0.578. The summed E-state index contributed by atoms with van der Waals surface area (Å²) in [6, 6.07) is 8.74. The number of amides is 2. The van der Waals surface area contributed by atoms with Crippen molar-refractivity contribution in [1.29, 1.82) is 0 Å². The fourth-order valence-electron chi connectivity index (χ4n) is 2.75. The number of hydrogen-bond donors (Lipinski definition) is 3. The van der Waals surface area contributed by atoms with E-state index in [-0.39, 0.29) is 36.6 Å². The van der Waals surface area contributed by atoms with E-state index in [9.17, 15) is 9.59 Å². The zero-order valence-electron chi connectivity index (χ0n) is 16.3. The van der Waals surface area contributed by atoms with Gasteiger partial charge in [-0.25, -0.2) is 0 Å². The fraction of sp³-hybridized carbons (Fsp3) is 0.350. The molecule has 6 nitrogen and oxygen atoms in total. The molecule has 0 bridgehead atoms. The lowest BCUT2D eigenvalue weighted by molar-refractivity contribution is -0.125. The van der Waals surface area contributed by atoms with Crippen molar-refractivity contribution >= 4 is 48.0 Å². The third-order valence-corrected chi connectivity index (χ3v) is 4.91. The van der Waals surface area contributed by atoms with Crippen molar-refractivity contribution in [3.63, 3.8) is 0 Å². The van der Waals surface area contributed by atoms with Crippen molar-refractivity contribution in [2.24, 2.45) is 11.1 Å². The van der Waals surface area contributed by atoms with Gasteiger partial charge >= 0.3 is 0 Å². The van der Waals surface area contributed by atoms with E-state index in [4.69, 9.17) is 5.73 Å². The summed E-state index contributed by atoms with van der Waals surface area (Å²) in [5.41, 5.74) is 7.97. The second-order valence-corrected chi connectivity index (χ2v) is 6.37. The summed E-state index contributed by atoms with van der Waals surface area (Å²) in [7, 11) is 0. The highest BCUT2D eigenvalue weighted by molar-refractivity contribution is 6.05. The third kappa shape index (κ3) is 5.92. The number of carbonyl (C=O) groups excluding carboxylic acids is 2. The van der Waals surface area contributed by atoms with Crippen molar-refractivity contribution in [2.45, 2.75) is 33.6 Å². The van der Waals surface area contributed by atoms with Gasteiger partial charge in [-0.05, 0) is 49.6 Å². The molecule has 0 aliphatic rings. The predicted octanol–water partition coefficient (Wildman–Crippen LogP) is 4.19. The van der Waals surface area contributed by atoms with Crippen LogP contribution in [0, 0.1) is 12.3 Å². The Morgan fingerprint density at radius 3 is 2.18 bits per heavy atom. The van der Waals surface area contributed by atoms with E-state index >= 15 is 0 Å². The van der Waals surface area contributed by atoms with Crippen LogP contribution in [0.4, 0.5) is 11.4 Å². The van der Waals surface area contributed by atoms with Crippen molar-refractivity contribution in [1.82, 2.24) is 4.98 Å². The summed E-state index contributed by atoms with van der Waals surface area (Å²) in [5, 5.41) is 5.81. The van der Waals surface area contributed by atoms with Crippen molar-refractivity contribution in [2.75, 3.05) is 17.2 Å². The van der Waals surface area contributed by atoms with Gasteiger partial charge in [-0.15, -0.1) is 24.8 Å². The zero-order valence-corrected chi connectivity index (χ0v) is 18.0. The molecule has 4 N–H and O–H groups in total. The molecular weight excluding hydrogens is 399 g/mol. The molecule has 0 atom stereocenters. The molecule has 1 aromatic heterocycles. The lowest BCUT2D eigenvalue weighted by atomic mass is 9.81. The van der Waals surface area contributed by atoms with Gasteiger partial charge in [0.15, 0.2) is 0 Å². The van der Waals surface area contributed by atoms with Crippen molar-refractivity contribution < 1.29 is 9.59 Å². The Morgan fingerprint density at radius 1 is 1.04 bits per heavy atom. The molecule has 0 saturated heterocycles. The van der Waals surface area contributed by atoms with E-state index in [1.165, 1.54) is 0 Å². The first-order chi connectivity index (χ1) is 12.5. The molecule has 1 heterocycles. The Bertz CT molecular complexity index is 773. The molecule has 0 aliphatic heterocycles. The summed E-state index contributed by atoms with van der Waals surface area (Å²) in [6.45, 7) is 6.12. The Morgan fingerprint density at radius 2 is 1.64 bits per heavy atom. The number of rotatable bonds is 7. The monoisotopic (exact) mass is 426 g/mol. The van der Waals surface area contributed by atoms with Crippen LogP contribution in [0.2, 0.25) is 0 Å². The highest BCUT2D eigenvalue weighted by atomic mass is 35.5. The third-order valence-electron chi connectivity index (χ3n) is 4.91. The van der Waals surface area contributed by atoms with Gasteiger partial charge < -0.3 is 16.4 Å². The maximum Gasteiger partial charge on any atom is 0.255 e. The number of carbonyl (C=O) groups is 2. The summed E-state index contributed by atoms with van der Waals surface area (Å²) >= 11 is 0. The lowest BCUT2D eigenvalue weighted by Crippen LogP contribution is -2.41. The number of hydrogen-bond acceptors (Lipinski definition) is 4. The summed E-state index contributed by atoms with van der Waals surface area (Å²) in [4.78, 5) is 28.9. The smallest absolute Gasteiger partial charge is 0.255 e. The number of benzene rings is 1. The summed E-state index contributed by atoms with van der Waals surface area (Å²) in [5.74, 6) is -0.322. The minimum absolute atomic E-state index is 0. The van der Waals surface area contributed by atoms with Crippen LogP contribution < -0.4 is 16.4 Å². The van der Waals surface area contributed by atoms with Crippen LogP contribution in [0.5, 0.6) is 0 Å². The van der Waals surface area contributed by atoms with Crippen LogP contribution in [0.3, 0.4) is 0 Å². The number of aryl methyl sites for hydroxylation is 1. The maximum absolute atomic E-state index is 12.7. The van der Waals surface area contributed by atoms with Gasteiger partial charge in [0.25, 0.3) is 5.91 Å². The van der Waals surface area contributed by atoms with Crippen LogP contribution >= 0.6 is 24.8 Å². The second-order valence-electron chi connectivity index (χ2n) is 6.37. The number of anilines is 2. The van der Waals surface area contributed by atoms with Gasteiger partial charge in [-0.3, -0.25) is 14.6 Å². The topological polar surface area (TPSA) is 97.1 Å². The van der Waals surface area contributed by atoms with E-state index in [1.807, 2.05) is 32.9 Å². The highest BCUT2D eigenvalue weighted by Crippen LogP contribution is 2.28. The average Bonchev–Trinajstić information content (AvgIpc) is 2.67. The summed E-state index contributed by atoms with van der Waals surface area (Å²) in [6.07, 6.45) is 4.48. The first-order valence-corrected chi connectivity index (χ1v) is 8.79. The van der Waals surface area contributed by atoms with E-state index in [0.29, 0.717) is 36.3 Å². The molecule has 2 amide bonds. The number of nitrogens with one attached hydrogen (secondary N) is 2. The Labute approximate surface area is 178 Å². The quantitative estimate of drug-likeness (QED) is 0.617. The Balaban J connectivity index is 0.00000364. The van der Waals surface area contributed by atoms with Gasteiger partial charge in [0.1, 0.15) is 0 Å². The van der Waals surface area contributed by atoms with Gasteiger partial charge in [-0.2, -0.15) is 0 Å². The molecule has 0 saturated carbocycles. The molecule has 28 heavy (non-hydrogen) atoms. The molecule has 0 fully saturated rings. The van der Waals surface area contributed by atoms with Gasteiger partial charge in [-0.1, -0.05) is 19.9 Å². The molecule has 0 spiro atoms. The Kier molecular flexibility index (Phi) is 10.7. The SMILES string of the molecule is CCC(CC)(CN)C(=O)Nc1ccc(C)c(NC(=O)c2ccncc2)c1.Cl.Cl. The molecular formula is C20H28Cl2N4O2. The predicted molar refractivity (Wildman–Crippen MR) is 119 cm³/mol. The zero-order chi connectivity index (χ0) is 19.2. The Hall–Kier alpha value is -2.15. The van der Waals surface area contributed by atoms with Gasteiger partial charge in [0, 0.05) is 35.9 Å². The number of halogens is 2. The van der Waals surface area contributed by atoms with Gasteiger partial charge in [0.05, 0.1) is 5.41 Å². The van der Waals surface area contributed by atoms with Crippen molar-refractivity contribution in [3.8, 4) is 0 Å². The first-order valence-electron chi connectivity index (χ1n) is 8.79. The standard InChI is InChI=1S/C20H26N4O2.2ClH/c1-4-20(5-2,13-21)19(26)23-16-7-6-14(3)17(12-16)24-18(25)15-8-10-22-11-9-15;;/h6-12H,4-5,13,21H2,1-3H3,(H,23,26)(H,24,25);2*1H. The van der Waals surface area contributed by atoms with Crippen molar-refractivity contribution in [3.05, 3.63) is 53.9 Å². The van der Waals surface area contributed by atoms with Crippen LogP contribution in [-0.4, -0.2) is 23.3 Å². The minimum Gasteiger partial charge on any atom is -0.329 e. The molecule has 0 radical (unpaired) electrons. The number of aromatic nitrogens is 1. The number of nitrogens with two attached hydrogens (primary N) is 1. The molecule has 8 heteroatoms. The number of pyridine rings is 1. The van der Waals surface area contributed by atoms with E-state index in [2.05, 4.69) is 15.6 Å². The normalized spacial score (nSPS) is 10.3. The molecule has 0 unspecified atom stereocenters. The molecule has 0 aliphatic carbocycles. The van der Waals surface area contributed by atoms with Crippen LogP contribution in [0.25, 0.3) is 0 Å². The van der Waals surface area contributed by atoms with E-state index < -0.39 is 5.41 Å². The number of nitrogens with zero attached hydrogens (tertiary/aromatic N) is 1. The van der Waals surface area contributed by atoms with Crippen LogP contribution in [-0.2, 0) is 4.79 Å². The molecule has 154 valence electrons. The summed E-state index contributed by atoms with van der Waals surface area (Å²) < 4.78 is 0. The molecule has 2 aromatic rings. The fourth-order valence-corrected chi connectivity index (χ4v) is 2.75. The van der Waals surface area contributed by atoms with E-state index in [0.717, 1.165) is 5.56 Å². The first kappa shape index (κ1) is 25.9. The molecule has 2 rings (SSSR count). The van der Waals surface area contributed by atoms with E-state index in [1.54, 1.807) is 30.6 Å². The van der Waals surface area contributed by atoms with Crippen LogP contribution in [0.1, 0.15) is 42.6 Å². The second kappa shape index (κ2) is 11.6. The lowest BCUT2D eigenvalue weighted by Gasteiger charge is -2.28. The highest BCUT2D eigenvalue weighted by Gasteiger charge is 2.33. The van der Waals surface area contributed by atoms with Gasteiger partial charge in [0.2, 0.25) is 5.91 Å². The largest absolute Gasteiger partial charge is 0.329 e. The molecule has 1 aromatic carbocycles. The average molecular weight is 427 g/mol.